The Morgan fingerprint density at radius 3 is 0.884 bits per heavy atom. The summed E-state index contributed by atoms with van der Waals surface area (Å²) in [7, 11) is 0. The maximum absolute atomic E-state index is 8.13. The molecular formula is C108H70B3N9O. The first-order valence-electron chi connectivity index (χ1n) is 41.7. The fourth-order valence-electron chi connectivity index (χ4n) is 21.2. The average molecular weight is 1540 g/mol. The lowest BCUT2D eigenvalue weighted by molar-refractivity contribution is 0.488. The van der Waals surface area contributed by atoms with E-state index in [9.17, 15) is 0 Å². The van der Waals surface area contributed by atoms with Gasteiger partial charge in [-0.3, -0.25) is 0 Å². The van der Waals surface area contributed by atoms with E-state index in [-0.39, 0.29) is 20.1 Å². The highest BCUT2D eigenvalue weighted by Gasteiger charge is 2.54. The van der Waals surface area contributed by atoms with Crippen LogP contribution in [-0.4, -0.2) is 20.1 Å². The Hall–Kier alpha value is -15.8. The van der Waals surface area contributed by atoms with E-state index >= 15 is 0 Å². The highest BCUT2D eigenvalue weighted by atomic mass is 16.5. The maximum Gasteiger partial charge on any atom is 0.256 e. The van der Waals surface area contributed by atoms with E-state index in [0.717, 1.165) is 176 Å². The molecule has 0 aliphatic carbocycles. The highest BCUT2D eigenvalue weighted by Crippen LogP contribution is 2.66. The van der Waals surface area contributed by atoms with Gasteiger partial charge in [-0.2, -0.15) is 0 Å². The Labute approximate surface area is 703 Å². The normalized spacial score (nSPS) is 13.7. The fourth-order valence-corrected chi connectivity index (χ4v) is 21.2. The number of rotatable bonds is 11. The molecule has 26 rings (SSSR count). The van der Waals surface area contributed by atoms with E-state index in [1.165, 1.54) is 38.2 Å². The number of hydrogen-bond acceptors (Lipinski definition) is 10. The predicted molar refractivity (Wildman–Crippen MR) is 506 cm³/mol. The molecule has 0 N–H and O–H groups in total. The summed E-state index contributed by atoms with van der Waals surface area (Å²) in [5, 5.41) is 0. The molecule has 0 amide bonds. The molecule has 18 aromatic rings. The van der Waals surface area contributed by atoms with E-state index in [2.05, 4.69) is 469 Å². The van der Waals surface area contributed by atoms with Crippen molar-refractivity contribution in [2.24, 2.45) is 0 Å². The minimum Gasteiger partial charge on any atom is -0.458 e. The van der Waals surface area contributed by atoms with Gasteiger partial charge in [-0.25, -0.2) is 0 Å². The molecule has 8 aliphatic rings. The van der Waals surface area contributed by atoms with E-state index in [4.69, 9.17) is 4.74 Å². The van der Waals surface area contributed by atoms with Gasteiger partial charge in [-0.05, 0) is 225 Å². The molecule has 8 aliphatic heterocycles. The first-order chi connectivity index (χ1) is 60.1. The van der Waals surface area contributed by atoms with Gasteiger partial charge in [0.1, 0.15) is 11.5 Å². The van der Waals surface area contributed by atoms with Crippen LogP contribution in [0, 0.1) is 0 Å². The summed E-state index contributed by atoms with van der Waals surface area (Å²) in [5.41, 5.74) is 39.9. The van der Waals surface area contributed by atoms with Crippen molar-refractivity contribution in [3.05, 3.63) is 425 Å². The molecule has 10 nitrogen and oxygen atoms in total. The van der Waals surface area contributed by atoms with Crippen molar-refractivity contribution in [1.82, 2.24) is 0 Å². The molecule has 13 heteroatoms. The second-order valence-corrected chi connectivity index (χ2v) is 32.3. The topological polar surface area (TPSA) is 38.4 Å². The Morgan fingerprint density at radius 1 is 0.165 bits per heavy atom. The van der Waals surface area contributed by atoms with Gasteiger partial charge >= 0.3 is 0 Å². The number of nitrogens with zero attached hydrogens (tertiary/aromatic N) is 9. The molecule has 0 unspecified atom stereocenters. The minimum absolute atomic E-state index is 0.204. The number of benzene rings is 18. The zero-order chi connectivity index (χ0) is 79.1. The monoisotopic (exact) mass is 1540 g/mol. The Balaban J connectivity index is 0.738. The SMILES string of the molecule is c1ccc(N(c2ccccc2)c2cc3c4c(c2)N(c2ccccc2)c2cc5c(cc2B4c2ccccc2N3c2ccccc2)B2c3ccccc3N(c3ccccc3)c3cc4c6c(c32)N5c2ccccc2B6c2cc3c(cc2O4)N(c2ccccc2)c2cc(N(c4ccccc4)c4ccccc4)cc4c2N3c2ccccc2N4c2ccccc2)cc1. The molecular weight excluding hydrogens is 1470 g/mol. The lowest BCUT2D eigenvalue weighted by Gasteiger charge is -2.51. The van der Waals surface area contributed by atoms with Crippen LogP contribution in [0.3, 0.4) is 0 Å². The van der Waals surface area contributed by atoms with Crippen molar-refractivity contribution in [3.63, 3.8) is 0 Å². The van der Waals surface area contributed by atoms with Crippen molar-refractivity contribution in [2.45, 2.75) is 0 Å². The molecule has 18 aromatic carbocycles. The molecule has 0 saturated carbocycles. The van der Waals surface area contributed by atoms with E-state index in [1.807, 2.05) is 0 Å². The summed E-state index contributed by atoms with van der Waals surface area (Å²) >= 11 is 0. The summed E-state index contributed by atoms with van der Waals surface area (Å²) < 4.78 is 8.13. The summed E-state index contributed by atoms with van der Waals surface area (Å²) in [5.74, 6) is 1.63. The second kappa shape index (κ2) is 26.3. The zero-order valence-corrected chi connectivity index (χ0v) is 65.6. The third-order valence-electron chi connectivity index (χ3n) is 25.9. The van der Waals surface area contributed by atoms with Crippen LogP contribution in [0.5, 0.6) is 11.5 Å². The number of hydrogen-bond donors (Lipinski definition) is 0. The molecule has 0 saturated heterocycles. The van der Waals surface area contributed by atoms with Crippen LogP contribution >= 0.6 is 0 Å². The van der Waals surface area contributed by atoms with Gasteiger partial charge < -0.3 is 48.8 Å². The fraction of sp³-hybridized carbons (Fsp3) is 0. The number of ether oxygens (including phenoxy) is 1. The quantitative estimate of drug-likeness (QED) is 0.117. The zero-order valence-electron chi connectivity index (χ0n) is 65.6. The molecule has 0 fully saturated rings. The van der Waals surface area contributed by atoms with Gasteiger partial charge in [-0.15, -0.1) is 0 Å². The largest absolute Gasteiger partial charge is 0.458 e. The van der Waals surface area contributed by atoms with Crippen LogP contribution in [-0.2, 0) is 0 Å². The van der Waals surface area contributed by atoms with Crippen LogP contribution in [0.1, 0.15) is 0 Å². The van der Waals surface area contributed by atoms with Gasteiger partial charge in [-0.1, -0.05) is 237 Å². The third-order valence-corrected chi connectivity index (χ3v) is 25.9. The van der Waals surface area contributed by atoms with Crippen molar-refractivity contribution in [1.29, 1.82) is 0 Å². The van der Waals surface area contributed by atoms with Gasteiger partial charge in [0, 0.05) is 115 Å². The van der Waals surface area contributed by atoms with Crippen LogP contribution < -0.4 is 98.0 Å². The molecule has 0 radical (unpaired) electrons. The number of fused-ring (bicyclic) bond motifs is 18. The average Bonchev–Trinajstić information content (AvgIpc) is 0.662. The number of anilines is 27. The smallest absolute Gasteiger partial charge is 0.256 e. The Morgan fingerprint density at radius 2 is 0.455 bits per heavy atom. The van der Waals surface area contributed by atoms with E-state index in [1.54, 1.807) is 0 Å². The van der Waals surface area contributed by atoms with E-state index < -0.39 is 0 Å². The lowest BCUT2D eigenvalue weighted by atomic mass is 9.28. The molecule has 562 valence electrons. The van der Waals surface area contributed by atoms with Crippen LogP contribution in [0.4, 0.5) is 154 Å². The molecule has 0 atom stereocenters. The molecule has 121 heavy (non-hydrogen) atoms. The summed E-state index contributed by atoms with van der Waals surface area (Å²) in [4.78, 5) is 22.7. The minimum atomic E-state index is -0.299. The first kappa shape index (κ1) is 67.3. The van der Waals surface area contributed by atoms with E-state index in [0.29, 0.717) is 0 Å². The van der Waals surface area contributed by atoms with Gasteiger partial charge in [0.2, 0.25) is 0 Å². The highest BCUT2D eigenvalue weighted by molar-refractivity contribution is 7.05. The Bertz CT molecular complexity index is 7190. The summed E-state index contributed by atoms with van der Waals surface area (Å²) in [6, 6.07) is 157. The van der Waals surface area contributed by atoms with Crippen LogP contribution in [0.15, 0.2) is 425 Å². The van der Waals surface area contributed by atoms with Crippen molar-refractivity contribution in [3.8, 4) is 11.5 Å². The lowest BCUT2D eigenvalue weighted by Crippen LogP contribution is -2.69. The number of para-hydroxylation sites is 14. The predicted octanol–water partition coefficient (Wildman–Crippen LogP) is 22.8. The van der Waals surface area contributed by atoms with Crippen molar-refractivity contribution < 1.29 is 4.74 Å². The second-order valence-electron chi connectivity index (χ2n) is 32.3. The van der Waals surface area contributed by atoms with Crippen LogP contribution in [0.25, 0.3) is 0 Å². The molecule has 8 heterocycles. The first-order valence-corrected chi connectivity index (χ1v) is 41.7. The third kappa shape index (κ3) is 9.85. The van der Waals surface area contributed by atoms with Gasteiger partial charge in [0.25, 0.3) is 20.1 Å². The van der Waals surface area contributed by atoms with Gasteiger partial charge in [0.05, 0.1) is 51.2 Å². The van der Waals surface area contributed by atoms with Crippen LogP contribution in [0.2, 0.25) is 0 Å². The summed E-state index contributed by atoms with van der Waals surface area (Å²) in [6.07, 6.45) is 0. The maximum atomic E-state index is 8.13. The Kier molecular flexibility index (Phi) is 14.7. The summed E-state index contributed by atoms with van der Waals surface area (Å²) in [6.45, 7) is -0.745. The van der Waals surface area contributed by atoms with Crippen molar-refractivity contribution in [2.75, 3.05) is 44.1 Å². The van der Waals surface area contributed by atoms with Crippen molar-refractivity contribution >= 4 is 223 Å². The molecule has 0 bridgehead atoms. The van der Waals surface area contributed by atoms with Gasteiger partial charge in [0.15, 0.2) is 0 Å². The standard InChI is InChI=1S/C108H70B3N9O/c1-10-36-71(37-11-1)112(72-38-12-2-13-39-72)80-62-97-104-98(63-80)117(78-50-24-8-25-51-78)93-68-94-86(66-85(93)109(104)82-54-28-31-57-88(82)114(97)75-44-18-5-19-45-75)110-83-55-29-32-58-89(83)115(76-46-20-6-21-47-76)99-70-103-106-108(105(99)110)119(94)90-59-33-30-56-84(90)111(106)87-67-95-96(69-102(87)121-103)118(79-52-26-9-27-53-79)101-65-81(113(73-40-14-3-15-41-73)74-42-16-4-17-43-74)64-100-107(101)120(95)92-61-35-34-60-91(92)116(100)77-48-22-7-23-49-77/h1-70H. The molecule has 0 aromatic heterocycles. The molecule has 0 spiro atoms.